The molecular formula is C17H18N2O4S. The quantitative estimate of drug-likeness (QED) is 0.742. The van der Waals surface area contributed by atoms with E-state index in [9.17, 15) is 13.2 Å². The molecule has 0 aliphatic rings. The normalized spacial score (nSPS) is 12.0. The Kier molecular flexibility index (Phi) is 4.19. The predicted octanol–water partition coefficient (Wildman–Crippen LogP) is 3.12. The van der Waals surface area contributed by atoms with Gasteiger partial charge in [0, 0.05) is 0 Å². The van der Waals surface area contributed by atoms with Crippen LogP contribution in [0.5, 0.6) is 0 Å². The minimum absolute atomic E-state index is 0.191. The van der Waals surface area contributed by atoms with E-state index in [0.29, 0.717) is 22.7 Å². The third-order valence-corrected chi connectivity index (χ3v) is 4.95. The third-order valence-electron chi connectivity index (χ3n) is 3.55. The van der Waals surface area contributed by atoms with Crippen molar-refractivity contribution in [1.29, 1.82) is 0 Å². The summed E-state index contributed by atoms with van der Waals surface area (Å²) in [5.41, 5.74) is 2.26. The van der Waals surface area contributed by atoms with E-state index in [1.54, 1.807) is 18.2 Å². The number of sulfonamides is 1. The molecule has 7 heteroatoms. The number of oxazole rings is 1. The Morgan fingerprint density at radius 1 is 1.12 bits per heavy atom. The summed E-state index contributed by atoms with van der Waals surface area (Å²) >= 11 is 0. The van der Waals surface area contributed by atoms with Gasteiger partial charge < -0.3 is 4.42 Å². The van der Waals surface area contributed by atoms with Crippen LogP contribution >= 0.6 is 0 Å². The molecular weight excluding hydrogens is 328 g/mol. The Morgan fingerprint density at radius 2 is 1.83 bits per heavy atom. The number of aromatic nitrogens is 1. The van der Waals surface area contributed by atoms with E-state index in [-0.39, 0.29) is 4.90 Å². The molecule has 0 aliphatic carbocycles. The first kappa shape index (κ1) is 16.3. The van der Waals surface area contributed by atoms with Gasteiger partial charge in [0.25, 0.3) is 10.0 Å². The lowest BCUT2D eigenvalue weighted by Gasteiger charge is -2.09. The van der Waals surface area contributed by atoms with Crippen LogP contribution in [0.4, 0.5) is 5.69 Å². The largest absolute Gasteiger partial charge is 0.417 e. The highest BCUT2D eigenvalue weighted by molar-refractivity contribution is 7.92. The molecule has 0 radical (unpaired) electrons. The molecule has 3 rings (SSSR count). The van der Waals surface area contributed by atoms with E-state index in [0.717, 1.165) is 12.0 Å². The zero-order valence-electron chi connectivity index (χ0n) is 13.4. The van der Waals surface area contributed by atoms with E-state index in [2.05, 4.69) is 23.6 Å². The molecule has 0 amide bonds. The minimum Gasteiger partial charge on any atom is -0.408 e. The molecule has 1 heterocycles. The standard InChI is InChI=1S/C17H18N2O4S/c1-11(2)9-12-3-6-14(7-4-12)24(21,22)19-13-5-8-16-15(10-13)18-17(20)23-16/h3-8,10-11,19H,9H2,1-2H3,(H,18,20). The van der Waals surface area contributed by atoms with Crippen LogP contribution < -0.4 is 10.5 Å². The van der Waals surface area contributed by atoms with Crippen LogP contribution in [0.2, 0.25) is 0 Å². The first-order valence-electron chi connectivity index (χ1n) is 7.58. The van der Waals surface area contributed by atoms with Gasteiger partial charge in [-0.3, -0.25) is 9.71 Å². The maximum atomic E-state index is 12.5. The topological polar surface area (TPSA) is 92.2 Å². The lowest BCUT2D eigenvalue weighted by molar-refractivity contribution is 0.555. The van der Waals surface area contributed by atoms with Crippen molar-refractivity contribution >= 4 is 26.8 Å². The predicted molar refractivity (Wildman–Crippen MR) is 92.6 cm³/mol. The van der Waals surface area contributed by atoms with Gasteiger partial charge in [-0.05, 0) is 48.2 Å². The molecule has 0 bridgehead atoms. The molecule has 0 atom stereocenters. The highest BCUT2D eigenvalue weighted by Crippen LogP contribution is 2.20. The summed E-state index contributed by atoms with van der Waals surface area (Å²) in [6.07, 6.45) is 0.901. The van der Waals surface area contributed by atoms with E-state index < -0.39 is 15.8 Å². The number of benzene rings is 2. The highest BCUT2D eigenvalue weighted by atomic mass is 32.2. The summed E-state index contributed by atoms with van der Waals surface area (Å²) in [5.74, 6) is -0.0693. The van der Waals surface area contributed by atoms with E-state index in [1.807, 2.05) is 12.1 Å². The molecule has 1 aromatic heterocycles. The molecule has 0 spiro atoms. The molecule has 2 aromatic carbocycles. The molecule has 0 aliphatic heterocycles. The summed E-state index contributed by atoms with van der Waals surface area (Å²) < 4.78 is 32.3. The number of aromatic amines is 1. The number of anilines is 1. The SMILES string of the molecule is CC(C)Cc1ccc(S(=O)(=O)Nc2ccc3oc(=O)[nH]c3c2)cc1. The van der Waals surface area contributed by atoms with Crippen molar-refractivity contribution in [2.45, 2.75) is 25.2 Å². The fraction of sp³-hybridized carbons (Fsp3) is 0.235. The van der Waals surface area contributed by atoms with Crippen molar-refractivity contribution < 1.29 is 12.8 Å². The van der Waals surface area contributed by atoms with Crippen LogP contribution in [0, 0.1) is 5.92 Å². The van der Waals surface area contributed by atoms with Crippen molar-refractivity contribution in [2.75, 3.05) is 4.72 Å². The van der Waals surface area contributed by atoms with Crippen molar-refractivity contribution in [3.8, 4) is 0 Å². The zero-order valence-corrected chi connectivity index (χ0v) is 14.2. The maximum absolute atomic E-state index is 12.5. The van der Waals surface area contributed by atoms with E-state index >= 15 is 0 Å². The summed E-state index contributed by atoms with van der Waals surface area (Å²) in [7, 11) is -3.69. The Balaban J connectivity index is 1.85. The average molecular weight is 346 g/mol. The number of H-pyrrole nitrogens is 1. The number of hydrogen-bond acceptors (Lipinski definition) is 4. The van der Waals surface area contributed by atoms with Crippen molar-refractivity contribution in [1.82, 2.24) is 4.98 Å². The van der Waals surface area contributed by atoms with Crippen LogP contribution in [-0.2, 0) is 16.4 Å². The van der Waals surface area contributed by atoms with Crippen LogP contribution in [0.1, 0.15) is 19.4 Å². The first-order chi connectivity index (χ1) is 11.3. The van der Waals surface area contributed by atoms with Crippen molar-refractivity contribution in [3.05, 3.63) is 58.6 Å². The average Bonchev–Trinajstić information content (AvgIpc) is 2.86. The van der Waals surface area contributed by atoms with Crippen LogP contribution in [0.3, 0.4) is 0 Å². The lowest BCUT2D eigenvalue weighted by Crippen LogP contribution is -2.13. The fourth-order valence-electron chi connectivity index (χ4n) is 2.51. The summed E-state index contributed by atoms with van der Waals surface area (Å²) in [6.45, 7) is 4.23. The number of fused-ring (bicyclic) bond motifs is 1. The number of nitrogens with one attached hydrogen (secondary N) is 2. The van der Waals surface area contributed by atoms with Crippen LogP contribution in [0.15, 0.2) is 56.6 Å². The lowest BCUT2D eigenvalue weighted by atomic mass is 10.0. The van der Waals surface area contributed by atoms with E-state index in [1.165, 1.54) is 12.1 Å². The van der Waals surface area contributed by atoms with Gasteiger partial charge in [0.15, 0.2) is 5.58 Å². The van der Waals surface area contributed by atoms with Crippen molar-refractivity contribution in [2.24, 2.45) is 5.92 Å². The van der Waals surface area contributed by atoms with E-state index in [4.69, 9.17) is 4.42 Å². The maximum Gasteiger partial charge on any atom is 0.417 e. The summed E-state index contributed by atoms with van der Waals surface area (Å²) in [6, 6.07) is 11.4. The second-order valence-electron chi connectivity index (χ2n) is 6.07. The zero-order chi connectivity index (χ0) is 17.3. The van der Waals surface area contributed by atoms with Gasteiger partial charge in [-0.1, -0.05) is 26.0 Å². The smallest absolute Gasteiger partial charge is 0.408 e. The molecule has 126 valence electrons. The molecule has 2 N–H and O–H groups in total. The van der Waals surface area contributed by atoms with Crippen LogP contribution in [-0.4, -0.2) is 13.4 Å². The molecule has 0 fully saturated rings. The van der Waals surface area contributed by atoms with Gasteiger partial charge in [-0.15, -0.1) is 0 Å². The summed E-state index contributed by atoms with van der Waals surface area (Å²) in [5, 5.41) is 0. The molecule has 6 nitrogen and oxygen atoms in total. The number of rotatable bonds is 5. The molecule has 0 saturated heterocycles. The summed E-state index contributed by atoms with van der Waals surface area (Å²) in [4.78, 5) is 13.8. The Labute approximate surface area is 139 Å². The Bertz CT molecular complexity index is 1010. The Hall–Kier alpha value is -2.54. The highest BCUT2D eigenvalue weighted by Gasteiger charge is 2.15. The molecule has 0 saturated carbocycles. The first-order valence-corrected chi connectivity index (χ1v) is 9.06. The fourth-order valence-corrected chi connectivity index (χ4v) is 3.56. The Morgan fingerprint density at radius 3 is 2.50 bits per heavy atom. The van der Waals surface area contributed by atoms with Gasteiger partial charge in [-0.2, -0.15) is 0 Å². The van der Waals surface area contributed by atoms with Crippen molar-refractivity contribution in [3.63, 3.8) is 0 Å². The molecule has 0 unspecified atom stereocenters. The molecule has 3 aromatic rings. The second-order valence-corrected chi connectivity index (χ2v) is 7.76. The van der Waals surface area contributed by atoms with Crippen LogP contribution in [0.25, 0.3) is 11.1 Å². The monoisotopic (exact) mass is 346 g/mol. The van der Waals surface area contributed by atoms with Gasteiger partial charge in [0.1, 0.15) is 0 Å². The molecule has 24 heavy (non-hydrogen) atoms. The minimum atomic E-state index is -3.69. The van der Waals surface area contributed by atoms with Gasteiger partial charge in [0.05, 0.1) is 16.1 Å². The second kappa shape index (κ2) is 6.16. The number of hydrogen-bond donors (Lipinski definition) is 2. The van der Waals surface area contributed by atoms with Gasteiger partial charge >= 0.3 is 5.76 Å². The third kappa shape index (κ3) is 3.51. The van der Waals surface area contributed by atoms with Gasteiger partial charge in [-0.25, -0.2) is 13.2 Å². The van der Waals surface area contributed by atoms with Gasteiger partial charge in [0.2, 0.25) is 0 Å².